The number of thiol groups is 1. The number of hydrogen-bond acceptors (Lipinski definition) is 3. The van der Waals surface area contributed by atoms with E-state index < -0.39 is 0 Å². The maximum absolute atomic E-state index is 10.5. The second-order valence-electron chi connectivity index (χ2n) is 1.80. The lowest BCUT2D eigenvalue weighted by molar-refractivity contribution is 0.436. The van der Waals surface area contributed by atoms with E-state index >= 15 is 0 Å². The highest BCUT2D eigenvalue weighted by molar-refractivity contribution is 7.80. The fourth-order valence-electron chi connectivity index (χ4n) is 0.650. The molecule has 3 heteroatoms. The van der Waals surface area contributed by atoms with Gasteiger partial charge in [-0.15, -0.1) is 0 Å². The van der Waals surface area contributed by atoms with Crippen molar-refractivity contribution in [3.8, 4) is 0 Å². The summed E-state index contributed by atoms with van der Waals surface area (Å²) >= 11 is 4.02. The summed E-state index contributed by atoms with van der Waals surface area (Å²) in [6, 6.07) is 0. The van der Waals surface area contributed by atoms with Crippen molar-refractivity contribution < 1.29 is 0 Å². The van der Waals surface area contributed by atoms with Gasteiger partial charge in [-0.05, 0) is 19.0 Å². The zero-order valence-corrected chi connectivity index (χ0v) is 5.34. The van der Waals surface area contributed by atoms with Gasteiger partial charge in [-0.3, -0.25) is 0 Å². The van der Waals surface area contributed by atoms with Crippen LogP contribution in [0.3, 0.4) is 0 Å². The summed E-state index contributed by atoms with van der Waals surface area (Å²) in [5, 5.41) is 11.3. The molecule has 1 rings (SSSR count). The van der Waals surface area contributed by atoms with E-state index in [1.807, 2.05) is 6.08 Å². The van der Waals surface area contributed by atoms with Gasteiger partial charge in [-0.25, -0.2) is 0 Å². The molecule has 0 fully saturated rings. The summed E-state index contributed by atoms with van der Waals surface area (Å²) in [5.41, 5.74) is 0. The Bertz CT molecular complexity index is 105. The van der Waals surface area contributed by atoms with Crippen LogP contribution < -0.4 is 0 Å². The predicted octanol–water partition coefficient (Wildman–Crippen LogP) is 1.35. The number of nitrogens with zero attached hydrogens (tertiary/aromatic N) is 1. The Balaban J connectivity index is 2.47. The van der Waals surface area contributed by atoms with Gasteiger partial charge in [-0.2, -0.15) is 12.6 Å². The fraction of sp³-hybridized carbons (Fsp3) is 0.600. The molecule has 0 amide bonds. The highest BCUT2D eigenvalue weighted by Crippen LogP contribution is 2.15. The Kier molecular flexibility index (Phi) is 1.81. The summed E-state index contributed by atoms with van der Waals surface area (Å²) < 4.78 is 0. The first-order chi connectivity index (χ1) is 3.80. The van der Waals surface area contributed by atoms with Crippen LogP contribution in [-0.4, -0.2) is 10.4 Å². The summed E-state index contributed by atoms with van der Waals surface area (Å²) in [5.74, 6) is 0. The molecule has 1 unspecified atom stereocenters. The molecule has 0 radical (unpaired) electrons. The number of hydrogen-bond donors (Lipinski definition) is 1. The largest absolute Gasteiger partial charge is 0.758 e. The number of allylic oxidation sites excluding steroid dienone is 1. The second kappa shape index (κ2) is 2.42. The molecule has 2 nitrogen and oxygen atoms in total. The minimum absolute atomic E-state index is 0.111. The molecule has 0 aliphatic carbocycles. The molecule has 1 aliphatic rings. The third-order valence-corrected chi connectivity index (χ3v) is 1.62. The zero-order valence-electron chi connectivity index (χ0n) is 4.45. The smallest absolute Gasteiger partial charge is 0.0613 e. The van der Waals surface area contributed by atoms with Crippen LogP contribution in [0.2, 0.25) is 0 Å². The van der Waals surface area contributed by atoms with Crippen molar-refractivity contribution in [2.45, 2.75) is 18.2 Å². The van der Waals surface area contributed by atoms with Gasteiger partial charge in [-0.1, -0.05) is 6.08 Å². The van der Waals surface area contributed by atoms with Crippen molar-refractivity contribution in [2.24, 2.45) is 0 Å². The Hall–Kier alpha value is -0.150. The quantitative estimate of drug-likeness (QED) is 0.501. The van der Waals surface area contributed by atoms with Crippen LogP contribution >= 0.6 is 12.6 Å². The van der Waals surface area contributed by atoms with Gasteiger partial charge < -0.3 is 10.3 Å². The van der Waals surface area contributed by atoms with Crippen molar-refractivity contribution in [2.75, 3.05) is 0 Å². The first kappa shape index (κ1) is 5.98. The zero-order chi connectivity index (χ0) is 5.98. The van der Waals surface area contributed by atoms with Crippen LogP contribution in [0.5, 0.6) is 0 Å². The van der Waals surface area contributed by atoms with E-state index in [4.69, 9.17) is 0 Å². The van der Waals surface area contributed by atoms with E-state index in [-0.39, 0.29) is 5.37 Å². The summed E-state index contributed by atoms with van der Waals surface area (Å²) in [6.07, 6.45) is 5.23. The standard InChI is InChI=1S/C5H8NOS/c7-6-4-2-1-3-5(6)8/h2,4-5,8H,1,3H2/q-1. The van der Waals surface area contributed by atoms with Gasteiger partial charge in [0.25, 0.3) is 0 Å². The summed E-state index contributed by atoms with van der Waals surface area (Å²) in [4.78, 5) is 0. The van der Waals surface area contributed by atoms with Crippen molar-refractivity contribution in [3.05, 3.63) is 17.5 Å². The van der Waals surface area contributed by atoms with Gasteiger partial charge >= 0.3 is 0 Å². The molecule has 0 N–H and O–H groups in total. The fourth-order valence-corrected chi connectivity index (χ4v) is 0.876. The topological polar surface area (TPSA) is 26.3 Å². The molecule has 1 heterocycles. The van der Waals surface area contributed by atoms with E-state index in [0.717, 1.165) is 17.9 Å². The molecule has 0 aromatic heterocycles. The normalized spacial score (nSPS) is 28.8. The van der Waals surface area contributed by atoms with Crippen LogP contribution in [0, 0.1) is 5.21 Å². The van der Waals surface area contributed by atoms with E-state index in [9.17, 15) is 5.21 Å². The van der Waals surface area contributed by atoms with Crippen LogP contribution in [-0.2, 0) is 0 Å². The maximum Gasteiger partial charge on any atom is 0.0613 e. The molecule has 46 valence electrons. The SMILES string of the molecule is [O-]N1C=CCCC1S. The van der Waals surface area contributed by atoms with Crippen LogP contribution in [0.4, 0.5) is 0 Å². The minimum Gasteiger partial charge on any atom is -0.758 e. The van der Waals surface area contributed by atoms with Crippen LogP contribution in [0.15, 0.2) is 12.3 Å². The molecule has 0 saturated heterocycles. The van der Waals surface area contributed by atoms with Crippen LogP contribution in [0.1, 0.15) is 12.8 Å². The van der Waals surface area contributed by atoms with E-state index in [1.54, 1.807) is 0 Å². The lowest BCUT2D eigenvalue weighted by Crippen LogP contribution is -2.21. The van der Waals surface area contributed by atoms with E-state index in [1.165, 1.54) is 6.20 Å². The lowest BCUT2D eigenvalue weighted by atomic mass is 10.2. The van der Waals surface area contributed by atoms with Crippen LogP contribution in [0.25, 0.3) is 0 Å². The third kappa shape index (κ3) is 1.17. The van der Waals surface area contributed by atoms with Crippen molar-refractivity contribution in [1.29, 1.82) is 0 Å². The molecule has 0 spiro atoms. The van der Waals surface area contributed by atoms with E-state index in [2.05, 4.69) is 12.6 Å². The molecule has 0 aromatic rings. The minimum atomic E-state index is -0.111. The van der Waals surface area contributed by atoms with Gasteiger partial charge in [0.05, 0.1) is 5.37 Å². The Morgan fingerprint density at radius 1 is 1.75 bits per heavy atom. The molecule has 0 saturated carbocycles. The molecular weight excluding hydrogens is 122 g/mol. The second-order valence-corrected chi connectivity index (χ2v) is 2.40. The Morgan fingerprint density at radius 2 is 2.50 bits per heavy atom. The molecule has 1 aliphatic heterocycles. The average molecular weight is 130 g/mol. The first-order valence-corrected chi connectivity index (χ1v) is 3.12. The first-order valence-electron chi connectivity index (χ1n) is 2.61. The van der Waals surface area contributed by atoms with Crippen molar-refractivity contribution >= 4 is 12.6 Å². The predicted molar refractivity (Wildman–Crippen MR) is 36.4 cm³/mol. The summed E-state index contributed by atoms with van der Waals surface area (Å²) in [7, 11) is 0. The van der Waals surface area contributed by atoms with Gasteiger partial charge in [0.1, 0.15) is 0 Å². The third-order valence-electron chi connectivity index (χ3n) is 1.14. The molecule has 1 atom stereocenters. The molecular formula is C5H8NOS-. The van der Waals surface area contributed by atoms with Gasteiger partial charge in [0.15, 0.2) is 0 Å². The van der Waals surface area contributed by atoms with Crippen molar-refractivity contribution in [3.63, 3.8) is 0 Å². The monoisotopic (exact) mass is 130 g/mol. The number of hydroxylamine groups is 2. The lowest BCUT2D eigenvalue weighted by Gasteiger charge is -2.35. The molecule has 0 bridgehead atoms. The number of rotatable bonds is 0. The van der Waals surface area contributed by atoms with Crippen molar-refractivity contribution in [1.82, 2.24) is 5.06 Å². The van der Waals surface area contributed by atoms with E-state index in [0.29, 0.717) is 0 Å². The average Bonchev–Trinajstić information content (AvgIpc) is 1.77. The Morgan fingerprint density at radius 3 is 2.88 bits per heavy atom. The van der Waals surface area contributed by atoms with Gasteiger partial charge in [0.2, 0.25) is 0 Å². The maximum atomic E-state index is 10.5. The highest BCUT2D eigenvalue weighted by atomic mass is 32.1. The Labute approximate surface area is 54.2 Å². The molecule has 0 aromatic carbocycles. The molecule has 8 heavy (non-hydrogen) atoms. The highest BCUT2D eigenvalue weighted by Gasteiger charge is 2.03. The van der Waals surface area contributed by atoms with Gasteiger partial charge in [0, 0.05) is 0 Å². The summed E-state index contributed by atoms with van der Waals surface area (Å²) in [6.45, 7) is 0.